The van der Waals surface area contributed by atoms with Crippen molar-refractivity contribution in [2.45, 2.75) is 13.0 Å². The summed E-state index contributed by atoms with van der Waals surface area (Å²) in [5.41, 5.74) is 4.87. The monoisotopic (exact) mass is 415 g/mol. The molecule has 3 rings (SSSR count). The van der Waals surface area contributed by atoms with Crippen LogP contribution in [0.4, 0.5) is 5.69 Å². The molecule has 26 heavy (non-hydrogen) atoms. The van der Waals surface area contributed by atoms with Crippen LogP contribution < -0.4 is 20.5 Å². The van der Waals surface area contributed by atoms with Crippen LogP contribution >= 0.6 is 15.9 Å². The molecule has 2 aromatic carbocycles. The van der Waals surface area contributed by atoms with E-state index in [-0.39, 0.29) is 18.2 Å². The predicted molar refractivity (Wildman–Crippen MR) is 102 cm³/mol. The molecule has 0 unspecified atom stereocenters. The van der Waals surface area contributed by atoms with Gasteiger partial charge in [-0.3, -0.25) is 15.0 Å². The Kier molecular flexibility index (Phi) is 5.58. The van der Waals surface area contributed by atoms with Crippen molar-refractivity contribution in [1.82, 2.24) is 10.7 Å². The number of hydrogen-bond donors (Lipinski definition) is 2. The van der Waals surface area contributed by atoms with Gasteiger partial charge in [0.1, 0.15) is 11.4 Å². The van der Waals surface area contributed by atoms with E-state index in [1.807, 2.05) is 36.4 Å². The number of anilines is 1. The van der Waals surface area contributed by atoms with Crippen LogP contribution in [-0.4, -0.2) is 18.9 Å². The number of nitrogens with one attached hydrogen (secondary N) is 2. The molecule has 0 bridgehead atoms. The second kappa shape index (κ2) is 8.05. The van der Waals surface area contributed by atoms with Crippen LogP contribution in [-0.2, 0) is 16.1 Å². The van der Waals surface area contributed by atoms with Crippen LogP contribution in [0.5, 0.6) is 5.75 Å². The summed E-state index contributed by atoms with van der Waals surface area (Å²) in [5, 5.41) is 4.23. The number of hydrazine groups is 1. The normalized spacial score (nSPS) is 13.7. The van der Waals surface area contributed by atoms with Gasteiger partial charge >= 0.3 is 0 Å². The second-order valence-electron chi connectivity index (χ2n) is 5.67. The summed E-state index contributed by atoms with van der Waals surface area (Å²) in [6.45, 7) is 0.383. The molecule has 0 spiro atoms. The highest BCUT2D eigenvalue weighted by atomic mass is 79.9. The Morgan fingerprint density at radius 1 is 1.19 bits per heavy atom. The number of methoxy groups -OCH3 is 1. The van der Waals surface area contributed by atoms with Gasteiger partial charge in [0.2, 0.25) is 5.91 Å². The lowest BCUT2D eigenvalue weighted by molar-refractivity contribution is -0.120. The van der Waals surface area contributed by atoms with Gasteiger partial charge in [0.15, 0.2) is 0 Å². The third-order valence-electron chi connectivity index (χ3n) is 3.90. The molecule has 0 aromatic heterocycles. The minimum atomic E-state index is -0.268. The fourth-order valence-electron chi connectivity index (χ4n) is 2.47. The van der Waals surface area contributed by atoms with E-state index in [0.717, 1.165) is 15.8 Å². The van der Waals surface area contributed by atoms with Crippen LogP contribution in [0, 0.1) is 0 Å². The van der Waals surface area contributed by atoms with Gasteiger partial charge in [-0.05, 0) is 48.0 Å². The minimum absolute atomic E-state index is 0.126. The van der Waals surface area contributed by atoms with Crippen molar-refractivity contribution in [1.29, 1.82) is 0 Å². The molecule has 2 aromatic rings. The van der Waals surface area contributed by atoms with Gasteiger partial charge in [0, 0.05) is 17.4 Å². The average molecular weight is 416 g/mol. The van der Waals surface area contributed by atoms with E-state index >= 15 is 0 Å². The molecule has 2 amide bonds. The summed E-state index contributed by atoms with van der Waals surface area (Å²) in [4.78, 5) is 24.6. The molecule has 0 radical (unpaired) electrons. The lowest BCUT2D eigenvalue weighted by atomic mass is 10.2. The number of halogens is 1. The van der Waals surface area contributed by atoms with Gasteiger partial charge in [-0.25, -0.2) is 5.01 Å². The van der Waals surface area contributed by atoms with E-state index in [9.17, 15) is 9.59 Å². The number of rotatable bonds is 5. The Morgan fingerprint density at radius 2 is 1.88 bits per heavy atom. The highest BCUT2D eigenvalue weighted by molar-refractivity contribution is 9.10. The van der Waals surface area contributed by atoms with Gasteiger partial charge in [0.25, 0.3) is 5.91 Å². The number of benzene rings is 2. The highest BCUT2D eigenvalue weighted by Gasteiger charge is 2.23. The Morgan fingerprint density at radius 3 is 2.54 bits per heavy atom. The van der Waals surface area contributed by atoms with E-state index in [2.05, 4.69) is 26.7 Å². The number of carbonyl (C=O) groups excluding carboxylic acids is 2. The molecule has 0 aliphatic carbocycles. The number of nitrogens with zero attached hydrogens (tertiary/aromatic N) is 1. The lowest BCUT2D eigenvalue weighted by Gasteiger charge is -2.28. The van der Waals surface area contributed by atoms with Crippen molar-refractivity contribution >= 4 is 33.4 Å². The molecular formula is C19H18BrN3O3. The maximum absolute atomic E-state index is 12.4. The van der Waals surface area contributed by atoms with Gasteiger partial charge in [0.05, 0.1) is 12.8 Å². The molecule has 1 aliphatic rings. The van der Waals surface area contributed by atoms with E-state index in [1.165, 1.54) is 5.01 Å². The third-order valence-corrected chi connectivity index (χ3v) is 4.43. The van der Waals surface area contributed by atoms with Crippen molar-refractivity contribution in [3.05, 3.63) is 70.3 Å². The zero-order valence-electron chi connectivity index (χ0n) is 14.2. The Balaban J connectivity index is 1.63. The van der Waals surface area contributed by atoms with Crippen LogP contribution in [0.1, 0.15) is 12.0 Å². The quantitative estimate of drug-likeness (QED) is 0.787. The van der Waals surface area contributed by atoms with Crippen molar-refractivity contribution in [2.24, 2.45) is 0 Å². The average Bonchev–Trinajstić information content (AvgIpc) is 2.67. The summed E-state index contributed by atoms with van der Waals surface area (Å²) in [6.07, 6.45) is 1.76. The number of carbonyl (C=O) groups is 2. The van der Waals surface area contributed by atoms with Crippen LogP contribution in [0.3, 0.4) is 0 Å². The first kappa shape index (κ1) is 18.0. The first-order chi connectivity index (χ1) is 12.6. The number of ether oxygens (including phenoxy) is 1. The van der Waals surface area contributed by atoms with E-state index in [1.54, 1.807) is 25.3 Å². The molecule has 2 N–H and O–H groups in total. The maximum atomic E-state index is 12.4. The minimum Gasteiger partial charge on any atom is -0.497 e. The summed E-state index contributed by atoms with van der Waals surface area (Å²) in [7, 11) is 1.61. The largest absolute Gasteiger partial charge is 0.497 e. The fourth-order valence-corrected chi connectivity index (χ4v) is 2.74. The predicted octanol–water partition coefficient (Wildman–Crippen LogP) is 2.90. The molecule has 0 saturated carbocycles. The molecule has 134 valence electrons. The third kappa shape index (κ3) is 4.23. The molecule has 7 heteroatoms. The smallest absolute Gasteiger partial charge is 0.269 e. The number of hydrogen-bond acceptors (Lipinski definition) is 4. The molecule has 0 atom stereocenters. The molecule has 0 saturated heterocycles. The molecule has 1 heterocycles. The van der Waals surface area contributed by atoms with Crippen LogP contribution in [0.15, 0.2) is 64.8 Å². The first-order valence-electron chi connectivity index (χ1n) is 8.03. The summed E-state index contributed by atoms with van der Waals surface area (Å²) >= 11 is 3.36. The van der Waals surface area contributed by atoms with Crippen LogP contribution in [0.25, 0.3) is 0 Å². The molecule has 6 nitrogen and oxygen atoms in total. The SMILES string of the molecule is COc1ccc(CNC(=O)C2=CCC(=O)N(c3ccc(Br)cc3)N2)cc1. The highest BCUT2D eigenvalue weighted by Crippen LogP contribution is 2.20. The lowest BCUT2D eigenvalue weighted by Crippen LogP contribution is -2.48. The van der Waals surface area contributed by atoms with Gasteiger partial charge in [-0.1, -0.05) is 28.1 Å². The van der Waals surface area contributed by atoms with Crippen molar-refractivity contribution in [3.63, 3.8) is 0 Å². The van der Waals surface area contributed by atoms with E-state index in [0.29, 0.717) is 17.9 Å². The Bertz CT molecular complexity index is 832. The summed E-state index contributed by atoms with van der Waals surface area (Å²) < 4.78 is 6.03. The second-order valence-corrected chi connectivity index (χ2v) is 6.59. The fraction of sp³-hybridized carbons (Fsp3) is 0.158. The topological polar surface area (TPSA) is 70.7 Å². The summed E-state index contributed by atoms with van der Waals surface area (Å²) in [5.74, 6) is 0.370. The van der Waals surface area contributed by atoms with Crippen molar-refractivity contribution in [2.75, 3.05) is 12.1 Å². The zero-order chi connectivity index (χ0) is 18.5. The van der Waals surface area contributed by atoms with Gasteiger partial charge in [-0.2, -0.15) is 0 Å². The van der Waals surface area contributed by atoms with E-state index < -0.39 is 0 Å². The first-order valence-corrected chi connectivity index (χ1v) is 8.82. The van der Waals surface area contributed by atoms with Gasteiger partial charge < -0.3 is 10.1 Å². The van der Waals surface area contributed by atoms with Crippen molar-refractivity contribution in [3.8, 4) is 5.75 Å². The molecular weight excluding hydrogens is 398 g/mol. The summed E-state index contributed by atoms with van der Waals surface area (Å²) in [6, 6.07) is 14.7. The molecule has 0 fully saturated rings. The molecule has 1 aliphatic heterocycles. The zero-order valence-corrected chi connectivity index (χ0v) is 15.7. The Labute approximate surface area is 159 Å². The number of amides is 2. The standard InChI is InChI=1S/C19H18BrN3O3/c1-26-16-8-2-13(3-9-16)12-21-19(25)17-10-11-18(24)23(22-17)15-6-4-14(20)5-7-15/h2-10,22H,11-12H2,1H3,(H,21,25). The van der Waals surface area contributed by atoms with Crippen LogP contribution in [0.2, 0.25) is 0 Å². The maximum Gasteiger partial charge on any atom is 0.269 e. The van der Waals surface area contributed by atoms with Gasteiger partial charge in [-0.15, -0.1) is 0 Å². The van der Waals surface area contributed by atoms with E-state index in [4.69, 9.17) is 4.74 Å². The Hall–Kier alpha value is -2.80. The van der Waals surface area contributed by atoms with Crippen molar-refractivity contribution < 1.29 is 14.3 Å².